The molecule has 0 bridgehead atoms. The fourth-order valence-corrected chi connectivity index (χ4v) is 1.76. The molecule has 1 aliphatic rings. The van der Waals surface area contributed by atoms with Crippen molar-refractivity contribution in [2.75, 3.05) is 0 Å². The highest BCUT2D eigenvalue weighted by Gasteiger charge is 2.22. The van der Waals surface area contributed by atoms with Crippen molar-refractivity contribution in [3.05, 3.63) is 35.4 Å². The smallest absolute Gasteiger partial charge is 0.162 e. The minimum absolute atomic E-state index is 0.00333. The molecule has 0 heterocycles. The van der Waals surface area contributed by atoms with Gasteiger partial charge >= 0.3 is 0 Å². The van der Waals surface area contributed by atoms with E-state index in [0.29, 0.717) is 12.3 Å². The third-order valence-electron chi connectivity index (χ3n) is 2.95. The van der Waals surface area contributed by atoms with E-state index in [0.717, 1.165) is 12.5 Å². The van der Waals surface area contributed by atoms with Crippen molar-refractivity contribution >= 4 is 5.78 Å². The van der Waals surface area contributed by atoms with Crippen LogP contribution in [-0.2, 0) is 11.2 Å². The van der Waals surface area contributed by atoms with Crippen LogP contribution in [0.15, 0.2) is 18.2 Å². The predicted molar refractivity (Wildman–Crippen MR) is 57.0 cm³/mol. The number of Topliss-reactive ketones (excluding diaryl/α,β-unsaturated/α-hetero) is 1. The molecule has 16 heavy (non-hydrogen) atoms. The molecule has 1 nitrogen and oxygen atoms in total. The van der Waals surface area contributed by atoms with Crippen molar-refractivity contribution in [1.82, 2.24) is 0 Å². The predicted octanol–water partition coefficient (Wildman–Crippen LogP) is 3.27. The zero-order valence-corrected chi connectivity index (χ0v) is 9.01. The number of hydrogen-bond donors (Lipinski definition) is 0. The SMILES string of the molecule is O=C(CCC1CC1)Cc1cccc(F)c1F. The van der Waals surface area contributed by atoms with Gasteiger partial charge in [-0.05, 0) is 24.0 Å². The highest BCUT2D eigenvalue weighted by Crippen LogP contribution is 2.33. The summed E-state index contributed by atoms with van der Waals surface area (Å²) in [6.07, 6.45) is 3.82. The number of halogens is 2. The van der Waals surface area contributed by atoms with Crippen molar-refractivity contribution in [2.45, 2.75) is 32.1 Å². The lowest BCUT2D eigenvalue weighted by atomic mass is 10.0. The van der Waals surface area contributed by atoms with Gasteiger partial charge < -0.3 is 0 Å². The Bertz CT molecular complexity index is 397. The van der Waals surface area contributed by atoms with Crippen LogP contribution in [-0.4, -0.2) is 5.78 Å². The molecule has 0 unspecified atom stereocenters. The monoisotopic (exact) mass is 224 g/mol. The first-order valence-electron chi connectivity index (χ1n) is 5.61. The van der Waals surface area contributed by atoms with Crippen molar-refractivity contribution in [3.63, 3.8) is 0 Å². The van der Waals surface area contributed by atoms with Gasteiger partial charge in [0.05, 0.1) is 0 Å². The first-order chi connectivity index (χ1) is 7.66. The highest BCUT2D eigenvalue weighted by atomic mass is 19.2. The lowest BCUT2D eigenvalue weighted by molar-refractivity contribution is -0.118. The maximum atomic E-state index is 13.2. The van der Waals surface area contributed by atoms with Crippen LogP contribution in [0.4, 0.5) is 8.78 Å². The molecule has 86 valence electrons. The van der Waals surface area contributed by atoms with Gasteiger partial charge in [0.25, 0.3) is 0 Å². The van der Waals surface area contributed by atoms with E-state index in [1.54, 1.807) is 0 Å². The Hall–Kier alpha value is -1.25. The molecular weight excluding hydrogens is 210 g/mol. The van der Waals surface area contributed by atoms with Gasteiger partial charge in [-0.15, -0.1) is 0 Å². The molecule has 0 N–H and O–H groups in total. The summed E-state index contributed by atoms with van der Waals surface area (Å²) in [4.78, 5) is 11.5. The van der Waals surface area contributed by atoms with Crippen molar-refractivity contribution in [1.29, 1.82) is 0 Å². The first kappa shape index (κ1) is 11.2. The fraction of sp³-hybridized carbons (Fsp3) is 0.462. The summed E-state index contributed by atoms with van der Waals surface area (Å²) in [5, 5.41) is 0. The molecule has 1 saturated carbocycles. The van der Waals surface area contributed by atoms with Crippen LogP contribution >= 0.6 is 0 Å². The van der Waals surface area contributed by atoms with E-state index in [4.69, 9.17) is 0 Å². The van der Waals surface area contributed by atoms with E-state index in [1.807, 2.05) is 0 Å². The van der Waals surface area contributed by atoms with Gasteiger partial charge in [-0.2, -0.15) is 0 Å². The molecule has 0 amide bonds. The van der Waals surface area contributed by atoms with Crippen LogP contribution in [0.1, 0.15) is 31.2 Å². The summed E-state index contributed by atoms with van der Waals surface area (Å²) >= 11 is 0. The van der Waals surface area contributed by atoms with Gasteiger partial charge in [0, 0.05) is 12.8 Å². The molecule has 0 atom stereocenters. The Kier molecular flexibility index (Phi) is 3.32. The summed E-state index contributed by atoms with van der Waals surface area (Å²) in [5.41, 5.74) is 0.167. The van der Waals surface area contributed by atoms with Crippen molar-refractivity contribution in [3.8, 4) is 0 Å². The van der Waals surface area contributed by atoms with Crippen LogP contribution in [0.25, 0.3) is 0 Å². The van der Waals surface area contributed by atoms with Gasteiger partial charge in [0.15, 0.2) is 11.6 Å². The highest BCUT2D eigenvalue weighted by molar-refractivity contribution is 5.80. The third kappa shape index (κ3) is 2.87. The first-order valence-corrected chi connectivity index (χ1v) is 5.61. The molecule has 2 rings (SSSR count). The molecule has 0 saturated heterocycles. The van der Waals surface area contributed by atoms with E-state index < -0.39 is 11.6 Å². The minimum atomic E-state index is -0.887. The van der Waals surface area contributed by atoms with Crippen molar-refractivity contribution in [2.24, 2.45) is 5.92 Å². The number of ketones is 1. The number of rotatable bonds is 5. The second-order valence-electron chi connectivity index (χ2n) is 4.41. The summed E-state index contributed by atoms with van der Waals surface area (Å²) < 4.78 is 26.1. The van der Waals surface area contributed by atoms with Crippen LogP contribution in [0.3, 0.4) is 0 Å². The average molecular weight is 224 g/mol. The van der Waals surface area contributed by atoms with E-state index >= 15 is 0 Å². The Labute approximate surface area is 93.5 Å². The lowest BCUT2D eigenvalue weighted by Gasteiger charge is -2.03. The summed E-state index contributed by atoms with van der Waals surface area (Å²) in [7, 11) is 0. The quantitative estimate of drug-likeness (QED) is 0.750. The Morgan fingerprint density at radius 1 is 1.31 bits per heavy atom. The molecule has 0 spiro atoms. The molecule has 0 aromatic heterocycles. The van der Waals surface area contributed by atoms with Gasteiger partial charge in [-0.25, -0.2) is 8.78 Å². The van der Waals surface area contributed by atoms with Gasteiger partial charge in [0.1, 0.15) is 5.78 Å². The molecule has 1 aromatic carbocycles. The largest absolute Gasteiger partial charge is 0.299 e. The normalized spacial score (nSPS) is 15.1. The molecule has 1 aromatic rings. The average Bonchev–Trinajstić information content (AvgIpc) is 3.06. The van der Waals surface area contributed by atoms with Gasteiger partial charge in [0.2, 0.25) is 0 Å². The van der Waals surface area contributed by atoms with E-state index in [-0.39, 0.29) is 17.8 Å². The molecule has 3 heteroatoms. The van der Waals surface area contributed by atoms with Gasteiger partial charge in [-0.3, -0.25) is 4.79 Å². The molecule has 0 aliphatic heterocycles. The number of carbonyl (C=O) groups is 1. The van der Waals surface area contributed by atoms with Crippen LogP contribution in [0, 0.1) is 17.6 Å². The Morgan fingerprint density at radius 3 is 2.75 bits per heavy atom. The van der Waals surface area contributed by atoms with E-state index in [9.17, 15) is 13.6 Å². The Morgan fingerprint density at radius 2 is 2.06 bits per heavy atom. The fourth-order valence-electron chi connectivity index (χ4n) is 1.76. The third-order valence-corrected chi connectivity index (χ3v) is 2.95. The maximum Gasteiger partial charge on any atom is 0.162 e. The topological polar surface area (TPSA) is 17.1 Å². The second-order valence-corrected chi connectivity index (χ2v) is 4.41. The molecule has 0 radical (unpaired) electrons. The molecular formula is C13H14F2O. The summed E-state index contributed by atoms with van der Waals surface area (Å²) in [5.74, 6) is -1.08. The van der Waals surface area contributed by atoms with Crippen LogP contribution in [0.2, 0.25) is 0 Å². The van der Waals surface area contributed by atoms with Gasteiger partial charge in [-0.1, -0.05) is 25.0 Å². The molecule has 1 fully saturated rings. The Balaban J connectivity index is 1.91. The van der Waals surface area contributed by atoms with E-state index in [2.05, 4.69) is 0 Å². The lowest BCUT2D eigenvalue weighted by Crippen LogP contribution is -2.05. The minimum Gasteiger partial charge on any atom is -0.299 e. The zero-order chi connectivity index (χ0) is 11.5. The zero-order valence-electron chi connectivity index (χ0n) is 9.01. The number of hydrogen-bond acceptors (Lipinski definition) is 1. The number of carbonyl (C=O) groups excluding carboxylic acids is 1. The summed E-state index contributed by atoms with van der Waals surface area (Å²) in [6.45, 7) is 0. The maximum absolute atomic E-state index is 13.2. The van der Waals surface area contributed by atoms with E-state index in [1.165, 1.54) is 25.0 Å². The van der Waals surface area contributed by atoms with Crippen LogP contribution < -0.4 is 0 Å². The summed E-state index contributed by atoms with van der Waals surface area (Å²) in [6, 6.07) is 3.96. The number of benzene rings is 1. The second kappa shape index (κ2) is 4.73. The molecule has 1 aliphatic carbocycles. The van der Waals surface area contributed by atoms with Crippen molar-refractivity contribution < 1.29 is 13.6 Å². The standard InChI is InChI=1S/C13H14F2O/c14-12-3-1-2-10(13(12)15)8-11(16)7-6-9-4-5-9/h1-3,9H,4-8H2. The van der Waals surface area contributed by atoms with Crippen LogP contribution in [0.5, 0.6) is 0 Å².